The number of carbonyl (C=O) groups is 1. The quantitative estimate of drug-likeness (QED) is 0.812. The largest absolute Gasteiger partial charge is 0.351 e. The Morgan fingerprint density at radius 1 is 1.39 bits per heavy atom. The van der Waals surface area contributed by atoms with E-state index in [-0.39, 0.29) is 24.4 Å². The van der Waals surface area contributed by atoms with E-state index >= 15 is 0 Å². The highest BCUT2D eigenvalue weighted by Crippen LogP contribution is 1.97. The van der Waals surface area contributed by atoms with Crippen molar-refractivity contribution in [2.45, 2.75) is 19.5 Å². The minimum atomic E-state index is 0. The van der Waals surface area contributed by atoms with Crippen LogP contribution in [0.3, 0.4) is 0 Å². The fourth-order valence-electron chi connectivity index (χ4n) is 1.65. The van der Waals surface area contributed by atoms with Gasteiger partial charge in [-0.3, -0.25) is 9.69 Å². The van der Waals surface area contributed by atoms with Gasteiger partial charge in [-0.1, -0.05) is 30.3 Å². The molecule has 0 heterocycles. The van der Waals surface area contributed by atoms with Gasteiger partial charge < -0.3 is 11.1 Å². The van der Waals surface area contributed by atoms with Crippen LogP contribution in [0.25, 0.3) is 0 Å². The topological polar surface area (TPSA) is 58.4 Å². The molecule has 102 valence electrons. The maximum absolute atomic E-state index is 11.6. The number of rotatable bonds is 6. The van der Waals surface area contributed by atoms with Gasteiger partial charge in [0.15, 0.2) is 0 Å². The molecular weight excluding hydrogens is 250 g/mol. The van der Waals surface area contributed by atoms with Crippen molar-refractivity contribution in [3.8, 4) is 0 Å². The molecule has 0 spiro atoms. The van der Waals surface area contributed by atoms with Crippen LogP contribution >= 0.6 is 12.4 Å². The lowest BCUT2D eigenvalue weighted by Gasteiger charge is -2.18. The number of nitrogens with two attached hydrogens (primary N) is 1. The van der Waals surface area contributed by atoms with E-state index in [2.05, 4.69) is 5.32 Å². The first-order chi connectivity index (χ1) is 8.08. The second-order valence-corrected chi connectivity index (χ2v) is 4.44. The standard InChI is InChI=1S/C13H21N3O.ClH/c1-11(14)9-16(2)10-13(17)15-8-12-6-4-3-5-7-12;/h3-7,11H,8-10,14H2,1-2H3,(H,15,17);1H. The Bertz CT molecular complexity index is 343. The highest BCUT2D eigenvalue weighted by molar-refractivity contribution is 5.85. The Hall–Kier alpha value is -1.10. The van der Waals surface area contributed by atoms with Gasteiger partial charge in [0.1, 0.15) is 0 Å². The van der Waals surface area contributed by atoms with Gasteiger partial charge in [0, 0.05) is 19.1 Å². The number of hydrogen-bond donors (Lipinski definition) is 2. The molecule has 1 unspecified atom stereocenters. The number of nitrogens with one attached hydrogen (secondary N) is 1. The van der Waals surface area contributed by atoms with Gasteiger partial charge in [-0.25, -0.2) is 0 Å². The van der Waals surface area contributed by atoms with Crippen LogP contribution in [0.5, 0.6) is 0 Å². The predicted molar refractivity (Wildman–Crippen MR) is 76.7 cm³/mol. The molecule has 0 aliphatic rings. The molecule has 0 aliphatic heterocycles. The van der Waals surface area contributed by atoms with Crippen molar-refractivity contribution in [1.82, 2.24) is 10.2 Å². The van der Waals surface area contributed by atoms with Crippen molar-refractivity contribution in [2.24, 2.45) is 5.73 Å². The van der Waals surface area contributed by atoms with Crippen LogP contribution in [0.15, 0.2) is 30.3 Å². The summed E-state index contributed by atoms with van der Waals surface area (Å²) in [6.45, 7) is 3.61. The average molecular weight is 272 g/mol. The molecule has 5 heteroatoms. The van der Waals surface area contributed by atoms with Crippen LogP contribution in [0.1, 0.15) is 12.5 Å². The molecule has 0 saturated heterocycles. The highest BCUT2D eigenvalue weighted by atomic mass is 35.5. The van der Waals surface area contributed by atoms with Crippen molar-refractivity contribution < 1.29 is 4.79 Å². The molecule has 3 N–H and O–H groups in total. The van der Waals surface area contributed by atoms with Crippen LogP contribution < -0.4 is 11.1 Å². The summed E-state index contributed by atoms with van der Waals surface area (Å²) in [5.41, 5.74) is 6.77. The molecule has 18 heavy (non-hydrogen) atoms. The summed E-state index contributed by atoms with van der Waals surface area (Å²) in [6.07, 6.45) is 0. The van der Waals surface area contributed by atoms with Crippen LogP contribution in [0.2, 0.25) is 0 Å². The molecule has 0 aliphatic carbocycles. The van der Waals surface area contributed by atoms with E-state index in [1.165, 1.54) is 0 Å². The smallest absolute Gasteiger partial charge is 0.234 e. The first-order valence-corrected chi connectivity index (χ1v) is 5.82. The fraction of sp³-hybridized carbons (Fsp3) is 0.462. The predicted octanol–water partition coefficient (Wildman–Crippen LogP) is 1.00. The zero-order valence-electron chi connectivity index (χ0n) is 10.9. The monoisotopic (exact) mass is 271 g/mol. The van der Waals surface area contributed by atoms with Gasteiger partial charge >= 0.3 is 0 Å². The molecule has 0 saturated carbocycles. The molecule has 1 rings (SSSR count). The van der Waals surface area contributed by atoms with Crippen molar-refractivity contribution in [3.63, 3.8) is 0 Å². The van der Waals surface area contributed by atoms with Crippen molar-refractivity contribution in [1.29, 1.82) is 0 Å². The number of carbonyl (C=O) groups excluding carboxylic acids is 1. The van der Waals surface area contributed by atoms with Gasteiger partial charge in [-0.05, 0) is 19.5 Å². The Morgan fingerprint density at radius 2 is 2.00 bits per heavy atom. The number of likely N-dealkylation sites (N-methyl/N-ethyl adjacent to an activating group) is 1. The molecule has 1 aromatic carbocycles. The van der Waals surface area contributed by atoms with Crippen molar-refractivity contribution in [3.05, 3.63) is 35.9 Å². The van der Waals surface area contributed by atoms with E-state index in [0.717, 1.165) is 12.1 Å². The summed E-state index contributed by atoms with van der Waals surface area (Å²) in [5.74, 6) is 0.0250. The first kappa shape index (κ1) is 16.9. The minimum absolute atomic E-state index is 0. The molecule has 4 nitrogen and oxygen atoms in total. The third-order valence-electron chi connectivity index (χ3n) is 2.35. The van der Waals surface area contributed by atoms with Crippen molar-refractivity contribution in [2.75, 3.05) is 20.1 Å². The zero-order valence-corrected chi connectivity index (χ0v) is 11.7. The molecule has 1 amide bonds. The van der Waals surface area contributed by atoms with Gasteiger partial charge in [0.25, 0.3) is 0 Å². The third kappa shape index (κ3) is 7.27. The molecule has 0 aromatic heterocycles. The lowest BCUT2D eigenvalue weighted by molar-refractivity contribution is -0.122. The Balaban J connectivity index is 0.00000289. The van der Waals surface area contributed by atoms with E-state index in [4.69, 9.17) is 5.73 Å². The first-order valence-electron chi connectivity index (χ1n) is 5.82. The van der Waals surface area contributed by atoms with E-state index in [0.29, 0.717) is 13.1 Å². The number of amides is 1. The van der Waals surface area contributed by atoms with Gasteiger partial charge in [-0.2, -0.15) is 0 Å². The van der Waals surface area contributed by atoms with Gasteiger partial charge in [0.05, 0.1) is 6.54 Å². The minimum Gasteiger partial charge on any atom is -0.351 e. The molecule has 1 aromatic rings. The molecule has 0 radical (unpaired) electrons. The second-order valence-electron chi connectivity index (χ2n) is 4.44. The van der Waals surface area contributed by atoms with Crippen LogP contribution in [-0.4, -0.2) is 37.0 Å². The van der Waals surface area contributed by atoms with Crippen LogP contribution in [0, 0.1) is 0 Å². The number of hydrogen-bond acceptors (Lipinski definition) is 3. The summed E-state index contributed by atoms with van der Waals surface area (Å²) in [5, 5.41) is 2.88. The maximum Gasteiger partial charge on any atom is 0.234 e. The van der Waals surface area contributed by atoms with Gasteiger partial charge in [0.2, 0.25) is 5.91 Å². The third-order valence-corrected chi connectivity index (χ3v) is 2.35. The summed E-state index contributed by atoms with van der Waals surface area (Å²) < 4.78 is 0. The number of halogens is 1. The zero-order chi connectivity index (χ0) is 12.7. The summed E-state index contributed by atoms with van der Waals surface area (Å²) in [7, 11) is 1.89. The van der Waals surface area contributed by atoms with Gasteiger partial charge in [-0.15, -0.1) is 12.4 Å². The van der Waals surface area contributed by atoms with E-state index in [1.54, 1.807) is 0 Å². The fourth-order valence-corrected chi connectivity index (χ4v) is 1.65. The highest BCUT2D eigenvalue weighted by Gasteiger charge is 2.07. The van der Waals surface area contributed by atoms with Crippen LogP contribution in [-0.2, 0) is 11.3 Å². The SMILES string of the molecule is CC(N)CN(C)CC(=O)NCc1ccccc1.Cl. The average Bonchev–Trinajstić information content (AvgIpc) is 2.26. The molecular formula is C13H22ClN3O. The molecule has 0 bridgehead atoms. The van der Waals surface area contributed by atoms with E-state index in [1.807, 2.05) is 49.2 Å². The lowest BCUT2D eigenvalue weighted by Crippen LogP contribution is -2.39. The Morgan fingerprint density at radius 3 is 2.56 bits per heavy atom. The van der Waals surface area contributed by atoms with Crippen molar-refractivity contribution >= 4 is 18.3 Å². The van der Waals surface area contributed by atoms with Crippen LogP contribution in [0.4, 0.5) is 0 Å². The Labute approximate surface area is 115 Å². The lowest BCUT2D eigenvalue weighted by atomic mass is 10.2. The maximum atomic E-state index is 11.6. The van der Waals surface area contributed by atoms with E-state index in [9.17, 15) is 4.79 Å². The summed E-state index contributed by atoms with van der Waals surface area (Å²) >= 11 is 0. The summed E-state index contributed by atoms with van der Waals surface area (Å²) in [6, 6.07) is 9.95. The second kappa shape index (κ2) is 8.91. The summed E-state index contributed by atoms with van der Waals surface area (Å²) in [4.78, 5) is 13.5. The molecule has 1 atom stereocenters. The number of nitrogens with zero attached hydrogens (tertiary/aromatic N) is 1. The normalized spacial score (nSPS) is 11.8. The number of benzene rings is 1. The van der Waals surface area contributed by atoms with E-state index < -0.39 is 0 Å². The molecule has 0 fully saturated rings. The Kier molecular flexibility index (Phi) is 8.37.